The molecule has 186 valence electrons. The van der Waals surface area contributed by atoms with Crippen LogP contribution < -0.4 is 16.0 Å². The van der Waals surface area contributed by atoms with Gasteiger partial charge in [-0.05, 0) is 13.0 Å². The number of halogens is 3. The minimum atomic E-state index is -4.42. The van der Waals surface area contributed by atoms with Crippen molar-refractivity contribution in [3.63, 3.8) is 0 Å². The van der Waals surface area contributed by atoms with Gasteiger partial charge >= 0.3 is 6.18 Å². The van der Waals surface area contributed by atoms with Crippen molar-refractivity contribution in [2.75, 3.05) is 19.7 Å². The fourth-order valence-corrected chi connectivity index (χ4v) is 3.11. The molecule has 13 heteroatoms. The Morgan fingerprint density at radius 3 is 2.80 bits per heavy atom. The second kappa shape index (κ2) is 10.8. The zero-order valence-corrected chi connectivity index (χ0v) is 18.7. The number of hydrogen-bond acceptors (Lipinski definition) is 6. The lowest BCUT2D eigenvalue weighted by Crippen LogP contribution is -2.33. The average molecular weight is 492 g/mol. The highest BCUT2D eigenvalue weighted by Gasteiger charge is 2.27. The van der Waals surface area contributed by atoms with Gasteiger partial charge in [-0.15, -0.1) is 6.58 Å². The summed E-state index contributed by atoms with van der Waals surface area (Å²) in [6, 6.07) is 2.60. The van der Waals surface area contributed by atoms with E-state index in [4.69, 9.17) is 4.74 Å². The average Bonchev–Trinajstić information content (AvgIpc) is 3.26. The predicted molar refractivity (Wildman–Crippen MR) is 118 cm³/mol. The first-order valence-electron chi connectivity index (χ1n) is 10.5. The Bertz CT molecular complexity index is 1220. The molecule has 0 atom stereocenters. The van der Waals surface area contributed by atoms with E-state index >= 15 is 0 Å². The summed E-state index contributed by atoms with van der Waals surface area (Å²) in [5.41, 5.74) is 1.06. The van der Waals surface area contributed by atoms with E-state index in [0.29, 0.717) is 23.5 Å². The number of ether oxygens (including phenoxy) is 1. The molecule has 0 saturated carbocycles. The van der Waals surface area contributed by atoms with Gasteiger partial charge in [0.05, 0.1) is 18.3 Å². The molecule has 2 aromatic heterocycles. The molecule has 35 heavy (non-hydrogen) atoms. The van der Waals surface area contributed by atoms with Gasteiger partial charge in [-0.2, -0.15) is 18.3 Å². The smallest absolute Gasteiger partial charge is 0.390 e. The van der Waals surface area contributed by atoms with Gasteiger partial charge in [-0.3, -0.25) is 14.4 Å². The van der Waals surface area contributed by atoms with Crippen LogP contribution in [-0.4, -0.2) is 58.2 Å². The van der Waals surface area contributed by atoms with Crippen molar-refractivity contribution in [1.29, 1.82) is 0 Å². The summed E-state index contributed by atoms with van der Waals surface area (Å²) in [6.45, 7) is 4.75. The fourth-order valence-electron chi connectivity index (χ4n) is 3.11. The standard InChI is InChI=1S/C22H23F3N6O4/c1-3-4-17-14(30-19(32)12-35-17)9-13(2)11-27-20(33)15-10-16(31-18(29-15)5-7-28-31)21(34)26-8-6-22(23,24)25/h3,5,7,9-10H,1,4,6,8,11-12H2,2H3,(H,26,34)(H,27,33)(H,30,32)/b13-9+. The summed E-state index contributed by atoms with van der Waals surface area (Å²) in [5.74, 6) is -1.21. The first-order chi connectivity index (χ1) is 16.6. The number of carbonyl (C=O) groups is 3. The van der Waals surface area contributed by atoms with Gasteiger partial charge in [-0.1, -0.05) is 11.6 Å². The number of rotatable bonds is 9. The Morgan fingerprint density at radius 2 is 2.09 bits per heavy atom. The minimum Gasteiger partial charge on any atom is -0.486 e. The van der Waals surface area contributed by atoms with Crippen molar-refractivity contribution in [2.24, 2.45) is 0 Å². The topological polar surface area (TPSA) is 127 Å². The number of nitrogens with zero attached hydrogens (tertiary/aromatic N) is 3. The van der Waals surface area contributed by atoms with Gasteiger partial charge in [0.25, 0.3) is 17.7 Å². The molecule has 1 aliphatic heterocycles. The van der Waals surface area contributed by atoms with Crippen LogP contribution in [0.25, 0.3) is 5.65 Å². The summed E-state index contributed by atoms with van der Waals surface area (Å²) >= 11 is 0. The number of allylic oxidation sites excluding steroid dienone is 2. The van der Waals surface area contributed by atoms with Crippen LogP contribution in [-0.2, 0) is 9.53 Å². The largest absolute Gasteiger partial charge is 0.486 e. The zero-order valence-electron chi connectivity index (χ0n) is 18.7. The molecule has 0 bridgehead atoms. The summed E-state index contributed by atoms with van der Waals surface area (Å²) in [7, 11) is 0. The molecular weight excluding hydrogens is 469 g/mol. The number of carbonyl (C=O) groups excluding carboxylic acids is 3. The van der Waals surface area contributed by atoms with Gasteiger partial charge in [-0.25, -0.2) is 9.50 Å². The van der Waals surface area contributed by atoms with E-state index in [1.807, 2.05) is 0 Å². The molecular formula is C22H23F3N6O4. The normalized spacial score (nSPS) is 14.4. The van der Waals surface area contributed by atoms with Crippen LogP contribution in [0.1, 0.15) is 40.7 Å². The third kappa shape index (κ3) is 6.91. The number of amides is 3. The fraction of sp³-hybridized carbons (Fsp3) is 0.318. The third-order valence-corrected chi connectivity index (χ3v) is 4.72. The Morgan fingerprint density at radius 1 is 1.31 bits per heavy atom. The van der Waals surface area contributed by atoms with Gasteiger partial charge in [0, 0.05) is 31.6 Å². The van der Waals surface area contributed by atoms with Crippen LogP contribution in [0.5, 0.6) is 0 Å². The molecule has 3 N–H and O–H groups in total. The van der Waals surface area contributed by atoms with Crippen molar-refractivity contribution in [2.45, 2.75) is 25.9 Å². The van der Waals surface area contributed by atoms with Gasteiger partial charge < -0.3 is 20.7 Å². The Balaban J connectivity index is 1.73. The summed E-state index contributed by atoms with van der Waals surface area (Å²) < 4.78 is 43.7. The highest BCUT2D eigenvalue weighted by atomic mass is 19.4. The number of nitrogens with one attached hydrogen (secondary N) is 3. The number of fused-ring (bicyclic) bond motifs is 1. The Hall–Kier alpha value is -4.16. The van der Waals surface area contributed by atoms with Crippen LogP contribution in [0.3, 0.4) is 0 Å². The predicted octanol–water partition coefficient (Wildman–Crippen LogP) is 2.02. The maximum Gasteiger partial charge on any atom is 0.390 e. The molecule has 0 aliphatic carbocycles. The first-order valence-corrected chi connectivity index (χ1v) is 10.5. The van der Waals surface area contributed by atoms with E-state index < -0.39 is 31.0 Å². The molecule has 3 heterocycles. The number of hydrogen-bond donors (Lipinski definition) is 3. The monoisotopic (exact) mass is 492 g/mol. The highest BCUT2D eigenvalue weighted by Crippen LogP contribution is 2.18. The van der Waals surface area contributed by atoms with Crippen molar-refractivity contribution in [3.8, 4) is 0 Å². The van der Waals surface area contributed by atoms with E-state index in [2.05, 4.69) is 32.6 Å². The molecule has 2 aromatic rings. The summed E-state index contributed by atoms with van der Waals surface area (Å²) in [5, 5.41) is 11.5. The van der Waals surface area contributed by atoms with Crippen LogP contribution in [0.2, 0.25) is 0 Å². The maximum atomic E-state index is 12.7. The number of aromatic nitrogens is 3. The maximum absolute atomic E-state index is 12.7. The lowest BCUT2D eigenvalue weighted by molar-refractivity contribution is -0.133. The summed E-state index contributed by atoms with van der Waals surface area (Å²) in [4.78, 5) is 41.0. The first kappa shape index (κ1) is 25.5. The molecule has 0 radical (unpaired) electrons. The van der Waals surface area contributed by atoms with E-state index in [1.54, 1.807) is 19.1 Å². The van der Waals surface area contributed by atoms with Crippen molar-refractivity contribution in [3.05, 3.63) is 65.5 Å². The van der Waals surface area contributed by atoms with E-state index in [0.717, 1.165) is 10.6 Å². The number of alkyl halides is 3. The highest BCUT2D eigenvalue weighted by molar-refractivity contribution is 5.98. The Labute approximate surface area is 197 Å². The molecule has 3 amide bonds. The molecule has 0 unspecified atom stereocenters. The second-order valence-electron chi connectivity index (χ2n) is 7.59. The SMILES string of the molecule is C=CCC1=C(/C=C(\C)CNC(=O)c2cc(C(=O)NCCC(F)(F)F)n3nccc3n2)NC(=O)CO1. The van der Waals surface area contributed by atoms with Crippen LogP contribution in [0.15, 0.2) is 54.1 Å². The molecule has 10 nitrogen and oxygen atoms in total. The van der Waals surface area contributed by atoms with E-state index in [9.17, 15) is 27.6 Å². The molecule has 0 saturated heterocycles. The van der Waals surface area contributed by atoms with E-state index in [-0.39, 0.29) is 36.1 Å². The van der Waals surface area contributed by atoms with Gasteiger partial charge in [0.1, 0.15) is 17.1 Å². The molecule has 0 aromatic carbocycles. The van der Waals surface area contributed by atoms with Crippen molar-refractivity contribution >= 4 is 23.4 Å². The van der Waals surface area contributed by atoms with E-state index in [1.165, 1.54) is 12.3 Å². The van der Waals surface area contributed by atoms with Crippen LogP contribution in [0.4, 0.5) is 13.2 Å². The molecule has 0 fully saturated rings. The lowest BCUT2D eigenvalue weighted by atomic mass is 10.1. The van der Waals surface area contributed by atoms with Crippen LogP contribution in [0, 0.1) is 0 Å². The molecule has 3 rings (SSSR count). The molecule has 1 aliphatic rings. The van der Waals surface area contributed by atoms with Crippen molar-refractivity contribution in [1.82, 2.24) is 30.5 Å². The van der Waals surface area contributed by atoms with Gasteiger partial charge in [0.15, 0.2) is 12.3 Å². The second-order valence-corrected chi connectivity index (χ2v) is 7.59. The van der Waals surface area contributed by atoms with Gasteiger partial charge in [0.2, 0.25) is 0 Å². The van der Waals surface area contributed by atoms with Crippen molar-refractivity contribution < 1.29 is 32.3 Å². The van der Waals surface area contributed by atoms with Crippen LogP contribution >= 0.6 is 0 Å². The quantitative estimate of drug-likeness (QED) is 0.460. The minimum absolute atomic E-state index is 0.0822. The lowest BCUT2D eigenvalue weighted by Gasteiger charge is -2.20. The zero-order chi connectivity index (χ0) is 25.6. The third-order valence-electron chi connectivity index (χ3n) is 4.72. The Kier molecular flexibility index (Phi) is 7.89. The summed E-state index contributed by atoms with van der Waals surface area (Å²) in [6.07, 6.45) is -0.566. The molecule has 0 spiro atoms.